The quantitative estimate of drug-likeness (QED) is 0.429. The number of allylic oxidation sites excluding steroid dienone is 1. The highest BCUT2D eigenvalue weighted by molar-refractivity contribution is 7.10. The molecule has 29 heavy (non-hydrogen) atoms. The molecule has 0 bridgehead atoms. The van der Waals surface area contributed by atoms with Gasteiger partial charge in [0.2, 0.25) is 0 Å². The van der Waals surface area contributed by atoms with Crippen molar-refractivity contribution < 1.29 is 4.74 Å². The number of ether oxygens (including phenoxy) is 1. The Morgan fingerprint density at radius 2 is 1.66 bits per heavy atom. The van der Waals surface area contributed by atoms with Gasteiger partial charge in [0.1, 0.15) is 5.76 Å². The molecule has 0 aromatic carbocycles. The minimum atomic E-state index is 0.873. The monoisotopic (exact) mass is 421 g/mol. The number of thiophene rings is 1. The molecule has 0 atom stereocenters. The summed E-state index contributed by atoms with van der Waals surface area (Å²) >= 11 is 1.81. The van der Waals surface area contributed by atoms with E-state index in [0.29, 0.717) is 0 Å². The predicted molar refractivity (Wildman–Crippen MR) is 132 cm³/mol. The molecule has 0 spiro atoms. The highest BCUT2D eigenvalue weighted by Crippen LogP contribution is 2.39. The summed E-state index contributed by atoms with van der Waals surface area (Å²) in [5, 5.41) is 2.20. The van der Waals surface area contributed by atoms with E-state index in [1.165, 1.54) is 85.8 Å². The molecule has 3 rings (SSSR count). The highest BCUT2D eigenvalue weighted by atomic mass is 32.1. The molecule has 0 aliphatic heterocycles. The summed E-state index contributed by atoms with van der Waals surface area (Å²) in [6.07, 6.45) is 13.8. The molecule has 3 heteroatoms. The summed E-state index contributed by atoms with van der Waals surface area (Å²) in [5.74, 6) is 2.18. The van der Waals surface area contributed by atoms with Crippen LogP contribution in [0.15, 0.2) is 11.0 Å². The average molecular weight is 422 g/mol. The number of rotatable bonds is 6. The summed E-state index contributed by atoms with van der Waals surface area (Å²) in [7, 11) is 6.21. The summed E-state index contributed by atoms with van der Waals surface area (Å²) in [4.78, 5) is 3.79. The van der Waals surface area contributed by atoms with Gasteiger partial charge in [0, 0.05) is 21.9 Å². The Hall–Kier alpha value is -0.800. The number of hydrogen-bond acceptors (Lipinski definition) is 3. The van der Waals surface area contributed by atoms with Crippen LogP contribution in [0.25, 0.3) is 5.76 Å². The molecule has 1 heterocycles. The van der Waals surface area contributed by atoms with Crippen LogP contribution in [0.2, 0.25) is 0 Å². The van der Waals surface area contributed by atoms with Crippen molar-refractivity contribution in [3.05, 3.63) is 27.0 Å². The summed E-state index contributed by atoms with van der Waals surface area (Å²) in [6, 6.07) is 0.873. The molecular formula is C26H47NOS. The fourth-order valence-electron chi connectivity index (χ4n) is 3.91. The molecule has 0 amide bonds. The van der Waals surface area contributed by atoms with E-state index in [2.05, 4.69) is 59.0 Å². The van der Waals surface area contributed by atoms with E-state index in [-0.39, 0.29) is 0 Å². The zero-order chi connectivity index (χ0) is 21.8. The predicted octanol–water partition coefficient (Wildman–Crippen LogP) is 8.23. The second-order valence-electron chi connectivity index (χ2n) is 8.95. The lowest BCUT2D eigenvalue weighted by molar-refractivity contribution is 0.187. The molecule has 0 N–H and O–H groups in total. The van der Waals surface area contributed by atoms with Crippen LogP contribution in [0.3, 0.4) is 0 Å². The Morgan fingerprint density at radius 1 is 1.07 bits per heavy atom. The van der Waals surface area contributed by atoms with Gasteiger partial charge in [0.15, 0.2) is 0 Å². The van der Waals surface area contributed by atoms with Crippen molar-refractivity contribution in [1.82, 2.24) is 4.90 Å². The number of nitrogens with zero attached hydrogens (tertiary/aromatic N) is 1. The van der Waals surface area contributed by atoms with Crippen LogP contribution >= 0.6 is 11.3 Å². The molecule has 2 aliphatic rings. The fourth-order valence-corrected chi connectivity index (χ4v) is 4.78. The maximum atomic E-state index is 5.44. The van der Waals surface area contributed by atoms with Crippen molar-refractivity contribution in [3.8, 4) is 0 Å². The first-order valence-electron chi connectivity index (χ1n) is 11.9. The first kappa shape index (κ1) is 26.2. The van der Waals surface area contributed by atoms with Crippen molar-refractivity contribution >= 4 is 17.1 Å². The normalized spacial score (nSPS) is 20.4. The second kappa shape index (κ2) is 14.2. The van der Waals surface area contributed by atoms with Gasteiger partial charge in [-0.05, 0) is 83.5 Å². The Morgan fingerprint density at radius 3 is 2.03 bits per heavy atom. The van der Waals surface area contributed by atoms with Crippen LogP contribution < -0.4 is 0 Å². The van der Waals surface area contributed by atoms with Gasteiger partial charge in [-0.3, -0.25) is 0 Å². The van der Waals surface area contributed by atoms with Crippen LogP contribution in [-0.4, -0.2) is 32.1 Å². The molecule has 0 unspecified atom stereocenters. The largest absolute Gasteiger partial charge is 0.496 e. The first-order chi connectivity index (χ1) is 13.9. The number of aryl methyl sites for hydroxylation is 1. The Balaban J connectivity index is 0.000000256. The van der Waals surface area contributed by atoms with E-state index in [9.17, 15) is 0 Å². The van der Waals surface area contributed by atoms with Crippen molar-refractivity contribution in [1.29, 1.82) is 0 Å². The molecule has 2 aliphatic carbocycles. The van der Waals surface area contributed by atoms with Crippen LogP contribution in [0.5, 0.6) is 0 Å². The Kier molecular flexibility index (Phi) is 12.9. The van der Waals surface area contributed by atoms with Crippen LogP contribution in [-0.2, 0) is 4.74 Å². The van der Waals surface area contributed by atoms with Crippen molar-refractivity contribution in [2.75, 3.05) is 21.2 Å². The third-order valence-electron chi connectivity index (χ3n) is 6.07. The SMILES string of the molecule is CCC.CCCCC1CCC(N(C)C)CC1.COC(=C1CC1)c1csc(C)c1C. The highest BCUT2D eigenvalue weighted by Gasteiger charge is 2.22. The maximum Gasteiger partial charge on any atom is 0.126 e. The zero-order valence-electron chi connectivity index (χ0n) is 20.6. The van der Waals surface area contributed by atoms with Crippen molar-refractivity contribution in [2.24, 2.45) is 5.92 Å². The molecule has 1 aromatic rings. The van der Waals surface area contributed by atoms with Gasteiger partial charge in [-0.2, -0.15) is 0 Å². The fraction of sp³-hybridized carbons (Fsp3) is 0.769. The van der Waals surface area contributed by atoms with E-state index in [1.54, 1.807) is 18.4 Å². The maximum absolute atomic E-state index is 5.44. The van der Waals surface area contributed by atoms with Crippen LogP contribution in [0.1, 0.15) is 101 Å². The smallest absolute Gasteiger partial charge is 0.126 e. The number of unbranched alkanes of at least 4 members (excludes halogenated alkanes) is 1. The molecule has 0 radical (unpaired) electrons. The summed E-state index contributed by atoms with van der Waals surface area (Å²) < 4.78 is 5.44. The molecule has 168 valence electrons. The van der Waals surface area contributed by atoms with E-state index in [0.717, 1.165) is 17.7 Å². The third kappa shape index (κ3) is 9.26. The van der Waals surface area contributed by atoms with Crippen LogP contribution in [0.4, 0.5) is 0 Å². The second-order valence-corrected chi connectivity index (χ2v) is 10.0. The van der Waals surface area contributed by atoms with Gasteiger partial charge in [-0.15, -0.1) is 11.3 Å². The molecule has 1 aromatic heterocycles. The number of hydrogen-bond donors (Lipinski definition) is 0. The standard InChI is InChI=1S/C12H25N.C11H14OS.C3H8/c1-4-5-6-11-7-9-12(10-8-11)13(2)3;1-7-8(2)13-6-10(7)11(12-3)9-4-5-9;1-3-2/h11-12H,4-10H2,1-3H3;6H,4-5H2,1-3H3;3H2,1-2H3. The van der Waals surface area contributed by atoms with Gasteiger partial charge in [0.25, 0.3) is 0 Å². The lowest BCUT2D eigenvalue weighted by atomic mass is 9.83. The molecule has 2 saturated carbocycles. The Bertz CT molecular complexity index is 588. The van der Waals surface area contributed by atoms with Gasteiger partial charge in [0.05, 0.1) is 7.11 Å². The topological polar surface area (TPSA) is 12.5 Å². The van der Waals surface area contributed by atoms with Gasteiger partial charge in [-0.25, -0.2) is 0 Å². The minimum Gasteiger partial charge on any atom is -0.496 e. The van der Waals surface area contributed by atoms with E-state index in [1.807, 2.05) is 0 Å². The first-order valence-corrected chi connectivity index (χ1v) is 12.7. The van der Waals surface area contributed by atoms with Gasteiger partial charge < -0.3 is 9.64 Å². The summed E-state index contributed by atoms with van der Waals surface area (Å²) in [6.45, 7) is 10.9. The minimum absolute atomic E-state index is 0.873. The number of methoxy groups -OCH3 is 1. The lowest BCUT2D eigenvalue weighted by Gasteiger charge is -2.32. The van der Waals surface area contributed by atoms with E-state index in [4.69, 9.17) is 4.74 Å². The Labute approximate surface area is 185 Å². The molecular weight excluding hydrogens is 374 g/mol. The third-order valence-corrected chi connectivity index (χ3v) is 7.08. The zero-order valence-corrected chi connectivity index (χ0v) is 21.4. The van der Waals surface area contributed by atoms with Crippen LogP contribution in [0, 0.1) is 19.8 Å². The lowest BCUT2D eigenvalue weighted by Crippen LogP contribution is -2.32. The average Bonchev–Trinajstić information content (AvgIpc) is 3.50. The van der Waals surface area contributed by atoms with Crippen molar-refractivity contribution in [2.45, 2.75) is 105 Å². The molecule has 2 fully saturated rings. The van der Waals surface area contributed by atoms with E-state index < -0.39 is 0 Å². The van der Waals surface area contributed by atoms with Crippen molar-refractivity contribution in [3.63, 3.8) is 0 Å². The van der Waals surface area contributed by atoms with Gasteiger partial charge in [-0.1, -0.05) is 46.5 Å². The summed E-state index contributed by atoms with van der Waals surface area (Å²) in [5.41, 5.74) is 4.15. The molecule has 2 nitrogen and oxygen atoms in total. The molecule has 0 saturated heterocycles. The van der Waals surface area contributed by atoms with E-state index >= 15 is 0 Å². The van der Waals surface area contributed by atoms with Gasteiger partial charge >= 0.3 is 0 Å².